The summed E-state index contributed by atoms with van der Waals surface area (Å²) in [6.45, 7) is 0.614. The van der Waals surface area contributed by atoms with Gasteiger partial charge in [-0.1, -0.05) is 52.3 Å². The van der Waals surface area contributed by atoms with E-state index in [1.54, 1.807) is 24.4 Å². The lowest BCUT2D eigenvalue weighted by Crippen LogP contribution is -2.29. The summed E-state index contributed by atoms with van der Waals surface area (Å²) in [6, 6.07) is 24.2. The van der Waals surface area contributed by atoms with E-state index in [-0.39, 0.29) is 17.9 Å². The molecule has 32 heavy (non-hydrogen) atoms. The summed E-state index contributed by atoms with van der Waals surface area (Å²) in [5.74, 6) is 0.825. The quantitative estimate of drug-likeness (QED) is 0.316. The van der Waals surface area contributed by atoms with Crippen molar-refractivity contribution in [1.29, 1.82) is 0 Å². The molecule has 0 amide bonds. The lowest BCUT2D eigenvalue weighted by Gasteiger charge is -2.26. The van der Waals surface area contributed by atoms with Gasteiger partial charge in [0, 0.05) is 17.2 Å². The third-order valence-corrected chi connectivity index (χ3v) is 6.35. The molecule has 2 atom stereocenters. The highest BCUT2D eigenvalue weighted by Crippen LogP contribution is 2.41. The lowest BCUT2D eigenvalue weighted by atomic mass is 10.0. The van der Waals surface area contributed by atoms with Crippen LogP contribution in [0.5, 0.6) is 0 Å². The van der Waals surface area contributed by atoms with Crippen molar-refractivity contribution < 1.29 is 8.81 Å². The molecule has 5 rings (SSSR count). The summed E-state index contributed by atoms with van der Waals surface area (Å²) < 4.78 is 21.4. The minimum absolute atomic E-state index is 0.193. The van der Waals surface area contributed by atoms with Crippen LogP contribution in [0.2, 0.25) is 0 Å². The Morgan fingerprint density at radius 1 is 1.03 bits per heavy atom. The van der Waals surface area contributed by atoms with Crippen molar-refractivity contribution in [3.05, 3.63) is 112 Å². The summed E-state index contributed by atoms with van der Waals surface area (Å²) in [4.78, 5) is 6.65. The largest absolute Gasteiger partial charge is 0.459 e. The van der Waals surface area contributed by atoms with E-state index in [2.05, 4.69) is 43.3 Å². The molecule has 0 aliphatic carbocycles. The summed E-state index contributed by atoms with van der Waals surface area (Å²) in [5, 5.41) is 4.04. The number of hydrogen-bond acceptors (Lipinski definition) is 3. The molecule has 0 radical (unpaired) electrons. The SMILES string of the molecule is Fc1cc(Br)ccc1-c1ccc([C@@H]2[C@@H](c3ccccn3)NC(=S)N2Cc2ccccc2)o1. The average Bonchev–Trinajstić information content (AvgIpc) is 3.40. The van der Waals surface area contributed by atoms with Crippen LogP contribution in [0.1, 0.15) is 29.1 Å². The molecule has 2 aromatic heterocycles. The highest BCUT2D eigenvalue weighted by Gasteiger charge is 2.41. The van der Waals surface area contributed by atoms with Gasteiger partial charge < -0.3 is 14.6 Å². The highest BCUT2D eigenvalue weighted by atomic mass is 79.9. The topological polar surface area (TPSA) is 41.3 Å². The van der Waals surface area contributed by atoms with E-state index in [4.69, 9.17) is 16.6 Å². The third kappa shape index (κ3) is 4.06. The summed E-state index contributed by atoms with van der Waals surface area (Å²) in [6.07, 6.45) is 1.77. The zero-order valence-corrected chi connectivity index (χ0v) is 19.3. The number of pyridine rings is 1. The molecule has 1 aliphatic rings. The molecule has 4 aromatic rings. The summed E-state index contributed by atoms with van der Waals surface area (Å²) in [5.41, 5.74) is 2.41. The second-order valence-corrected chi connectivity index (χ2v) is 8.87. The van der Waals surface area contributed by atoms with Crippen LogP contribution in [0.3, 0.4) is 0 Å². The van der Waals surface area contributed by atoms with Crippen LogP contribution in [0.4, 0.5) is 4.39 Å². The fourth-order valence-corrected chi connectivity index (χ4v) is 4.65. The molecule has 1 fully saturated rings. The molecule has 0 spiro atoms. The van der Waals surface area contributed by atoms with E-state index < -0.39 is 0 Å². The first-order chi connectivity index (χ1) is 15.6. The van der Waals surface area contributed by atoms with Crippen LogP contribution in [-0.4, -0.2) is 15.0 Å². The Morgan fingerprint density at radius 3 is 2.59 bits per heavy atom. The van der Waals surface area contributed by atoms with Gasteiger partial charge in [0.25, 0.3) is 0 Å². The number of benzene rings is 2. The number of hydrogen-bond donors (Lipinski definition) is 1. The van der Waals surface area contributed by atoms with Crippen LogP contribution in [0, 0.1) is 5.82 Å². The first kappa shape index (κ1) is 20.8. The van der Waals surface area contributed by atoms with Crippen molar-refractivity contribution in [1.82, 2.24) is 15.2 Å². The van der Waals surface area contributed by atoms with Crippen LogP contribution in [0.25, 0.3) is 11.3 Å². The Hall–Kier alpha value is -3.03. The number of thiocarbonyl (C=S) groups is 1. The fourth-order valence-electron chi connectivity index (χ4n) is 4.01. The van der Waals surface area contributed by atoms with Gasteiger partial charge >= 0.3 is 0 Å². The Kier molecular flexibility index (Phi) is 5.76. The second-order valence-electron chi connectivity index (χ2n) is 7.57. The average molecular weight is 508 g/mol. The van der Waals surface area contributed by atoms with Gasteiger partial charge in [-0.3, -0.25) is 4.98 Å². The maximum Gasteiger partial charge on any atom is 0.170 e. The van der Waals surface area contributed by atoms with Crippen molar-refractivity contribution >= 4 is 33.3 Å². The second kappa shape index (κ2) is 8.84. The molecule has 7 heteroatoms. The number of furan rings is 1. The first-order valence-corrected chi connectivity index (χ1v) is 11.4. The highest BCUT2D eigenvalue weighted by molar-refractivity contribution is 9.10. The predicted octanol–water partition coefficient (Wildman–Crippen LogP) is 6.42. The normalized spacial score (nSPS) is 18.1. The summed E-state index contributed by atoms with van der Waals surface area (Å²) in [7, 11) is 0. The van der Waals surface area contributed by atoms with Crippen molar-refractivity contribution in [3.8, 4) is 11.3 Å². The van der Waals surface area contributed by atoms with Gasteiger partial charge in [0.2, 0.25) is 0 Å². The zero-order valence-electron chi connectivity index (χ0n) is 16.9. The van der Waals surface area contributed by atoms with Crippen LogP contribution in [0.15, 0.2) is 93.9 Å². The Labute approximate surface area is 199 Å². The van der Waals surface area contributed by atoms with E-state index >= 15 is 0 Å². The molecule has 0 unspecified atom stereocenters. The predicted molar refractivity (Wildman–Crippen MR) is 129 cm³/mol. The molecule has 1 aliphatic heterocycles. The van der Waals surface area contributed by atoms with Gasteiger partial charge in [-0.2, -0.15) is 0 Å². The maximum absolute atomic E-state index is 14.5. The monoisotopic (exact) mass is 507 g/mol. The summed E-state index contributed by atoms with van der Waals surface area (Å²) >= 11 is 9.01. The van der Waals surface area contributed by atoms with Crippen molar-refractivity contribution in [2.24, 2.45) is 0 Å². The maximum atomic E-state index is 14.5. The van der Waals surface area contributed by atoms with E-state index in [0.717, 1.165) is 11.3 Å². The first-order valence-electron chi connectivity index (χ1n) is 10.2. The molecule has 160 valence electrons. The molecule has 3 heterocycles. The number of nitrogens with zero attached hydrogens (tertiary/aromatic N) is 2. The smallest absolute Gasteiger partial charge is 0.170 e. The van der Waals surface area contributed by atoms with Crippen LogP contribution < -0.4 is 5.32 Å². The lowest BCUT2D eigenvalue weighted by molar-refractivity contribution is 0.269. The van der Waals surface area contributed by atoms with Gasteiger partial charge in [0.05, 0.1) is 17.3 Å². The molecule has 2 aromatic carbocycles. The van der Waals surface area contributed by atoms with Gasteiger partial charge in [-0.15, -0.1) is 0 Å². The molecule has 1 N–H and O–H groups in total. The standard InChI is InChI=1S/C25H19BrFN3OS/c26-17-9-10-18(19(27)14-17)21-11-12-22(31-21)24-23(20-8-4-5-13-28-20)29-25(32)30(24)15-16-6-2-1-3-7-16/h1-14,23-24H,15H2,(H,29,32)/t23-,24-/m1/s1. The molecule has 1 saturated heterocycles. The number of nitrogens with one attached hydrogen (secondary N) is 1. The van der Waals surface area contributed by atoms with Crippen molar-refractivity contribution in [3.63, 3.8) is 0 Å². The van der Waals surface area contributed by atoms with Gasteiger partial charge in [0.15, 0.2) is 5.11 Å². The van der Waals surface area contributed by atoms with Gasteiger partial charge in [-0.05, 0) is 60.2 Å². The zero-order chi connectivity index (χ0) is 22.1. The molecule has 0 saturated carbocycles. The Bertz CT molecular complexity index is 1250. The molecule has 0 bridgehead atoms. The Morgan fingerprint density at radius 2 is 1.84 bits per heavy atom. The third-order valence-electron chi connectivity index (χ3n) is 5.51. The number of aromatic nitrogens is 1. The minimum atomic E-state index is -0.345. The molecular formula is C25H19BrFN3OS. The molecule has 4 nitrogen and oxygen atoms in total. The van der Waals surface area contributed by atoms with Crippen LogP contribution in [-0.2, 0) is 6.54 Å². The van der Waals surface area contributed by atoms with E-state index in [1.165, 1.54) is 6.07 Å². The minimum Gasteiger partial charge on any atom is -0.459 e. The molecular weight excluding hydrogens is 489 g/mol. The number of rotatable bonds is 5. The van der Waals surface area contributed by atoms with Crippen LogP contribution >= 0.6 is 28.1 Å². The Balaban J connectivity index is 1.55. The van der Waals surface area contributed by atoms with Gasteiger partial charge in [-0.25, -0.2) is 4.39 Å². The van der Waals surface area contributed by atoms with Gasteiger partial charge in [0.1, 0.15) is 23.4 Å². The van der Waals surface area contributed by atoms with Crippen molar-refractivity contribution in [2.45, 2.75) is 18.6 Å². The fraction of sp³-hybridized carbons (Fsp3) is 0.120. The van der Waals surface area contributed by atoms with Crippen molar-refractivity contribution in [2.75, 3.05) is 0 Å². The number of halogens is 2. The van der Waals surface area contributed by atoms with E-state index in [1.807, 2.05) is 42.5 Å². The van der Waals surface area contributed by atoms with E-state index in [9.17, 15) is 4.39 Å². The van der Waals surface area contributed by atoms with E-state index in [0.29, 0.717) is 33.2 Å².